The van der Waals surface area contributed by atoms with E-state index in [1.165, 1.54) is 25.7 Å². The van der Waals surface area contributed by atoms with Gasteiger partial charge in [-0.3, -0.25) is 11.3 Å². The lowest BCUT2D eigenvalue weighted by Crippen LogP contribution is -2.52. The van der Waals surface area contributed by atoms with Crippen LogP contribution in [0.5, 0.6) is 0 Å². The molecule has 3 rings (SSSR count). The zero-order chi connectivity index (χ0) is 13.8. The van der Waals surface area contributed by atoms with Crippen LogP contribution in [0.1, 0.15) is 59.8 Å². The summed E-state index contributed by atoms with van der Waals surface area (Å²) in [6, 6.07) is 0.423. The molecule has 1 aliphatic heterocycles. The summed E-state index contributed by atoms with van der Waals surface area (Å²) >= 11 is 0. The number of fused-ring (bicyclic) bond motifs is 2. The van der Waals surface area contributed by atoms with Crippen molar-refractivity contribution in [1.29, 1.82) is 0 Å². The van der Waals surface area contributed by atoms with Crippen LogP contribution in [0, 0.1) is 23.7 Å². The summed E-state index contributed by atoms with van der Waals surface area (Å²) in [5.41, 5.74) is 3.10. The maximum atomic E-state index is 6.28. The van der Waals surface area contributed by atoms with Crippen molar-refractivity contribution in [2.45, 2.75) is 77.0 Å². The van der Waals surface area contributed by atoms with E-state index in [9.17, 15) is 0 Å². The van der Waals surface area contributed by atoms with Crippen molar-refractivity contribution in [3.05, 3.63) is 0 Å². The van der Waals surface area contributed by atoms with Gasteiger partial charge >= 0.3 is 0 Å². The predicted molar refractivity (Wildman–Crippen MR) is 77.4 cm³/mol. The van der Waals surface area contributed by atoms with Crippen LogP contribution in [0.15, 0.2) is 0 Å². The molecule has 5 unspecified atom stereocenters. The van der Waals surface area contributed by atoms with E-state index < -0.39 is 0 Å². The number of ether oxygens (including phenoxy) is 1. The molecule has 1 heterocycles. The van der Waals surface area contributed by atoms with Gasteiger partial charge < -0.3 is 4.74 Å². The molecule has 19 heavy (non-hydrogen) atoms. The Balaban J connectivity index is 1.79. The summed E-state index contributed by atoms with van der Waals surface area (Å²) in [4.78, 5) is 0. The van der Waals surface area contributed by atoms with E-state index in [1.807, 2.05) is 0 Å². The van der Waals surface area contributed by atoms with Crippen LogP contribution in [-0.2, 0) is 4.74 Å². The molecule has 3 nitrogen and oxygen atoms in total. The summed E-state index contributed by atoms with van der Waals surface area (Å²) in [5.74, 6) is 9.15. The van der Waals surface area contributed by atoms with Gasteiger partial charge in [0.2, 0.25) is 0 Å². The van der Waals surface area contributed by atoms with Gasteiger partial charge in [-0.1, -0.05) is 6.42 Å². The third-order valence-electron chi connectivity index (χ3n) is 6.02. The number of nitrogens with one attached hydrogen (secondary N) is 1. The molecule has 3 fully saturated rings. The van der Waals surface area contributed by atoms with Crippen LogP contribution >= 0.6 is 0 Å². The van der Waals surface area contributed by atoms with Gasteiger partial charge in [0.25, 0.3) is 0 Å². The molecule has 5 atom stereocenters. The quantitative estimate of drug-likeness (QED) is 0.610. The maximum absolute atomic E-state index is 6.28. The highest BCUT2D eigenvalue weighted by molar-refractivity contribution is 5.04. The van der Waals surface area contributed by atoms with Crippen LogP contribution < -0.4 is 11.3 Å². The van der Waals surface area contributed by atoms with Gasteiger partial charge in [-0.15, -0.1) is 0 Å². The Kier molecular flexibility index (Phi) is 3.23. The lowest BCUT2D eigenvalue weighted by Gasteiger charge is -2.39. The first kappa shape index (κ1) is 13.8. The fourth-order valence-electron chi connectivity index (χ4n) is 5.44. The SMILES string of the molecule is CC1(C)CC(C(NN)C2CC3CCC2C3)C(C)(C)O1. The third-order valence-corrected chi connectivity index (χ3v) is 6.02. The fraction of sp³-hybridized carbons (Fsp3) is 1.00. The number of nitrogens with two attached hydrogens (primary N) is 1. The zero-order valence-electron chi connectivity index (χ0n) is 12.9. The van der Waals surface area contributed by atoms with E-state index in [4.69, 9.17) is 10.6 Å². The van der Waals surface area contributed by atoms with Crippen molar-refractivity contribution < 1.29 is 4.74 Å². The molecule has 3 heteroatoms. The molecular formula is C16H30N2O. The Hall–Kier alpha value is -0.120. The highest BCUT2D eigenvalue weighted by atomic mass is 16.5. The highest BCUT2D eigenvalue weighted by Gasteiger charge is 2.53. The van der Waals surface area contributed by atoms with Crippen LogP contribution in [0.4, 0.5) is 0 Å². The van der Waals surface area contributed by atoms with Crippen molar-refractivity contribution in [3.8, 4) is 0 Å². The Labute approximate surface area is 117 Å². The topological polar surface area (TPSA) is 47.3 Å². The van der Waals surface area contributed by atoms with Gasteiger partial charge in [-0.05, 0) is 71.1 Å². The highest BCUT2D eigenvalue weighted by Crippen LogP contribution is 2.53. The number of hydrogen-bond acceptors (Lipinski definition) is 3. The molecule has 0 aromatic carbocycles. The molecule has 2 saturated carbocycles. The van der Waals surface area contributed by atoms with Crippen molar-refractivity contribution in [3.63, 3.8) is 0 Å². The minimum absolute atomic E-state index is 0.0130. The first-order valence-corrected chi connectivity index (χ1v) is 7.99. The van der Waals surface area contributed by atoms with Crippen molar-refractivity contribution >= 4 is 0 Å². The summed E-state index contributed by atoms with van der Waals surface area (Å²) < 4.78 is 6.28. The predicted octanol–water partition coefficient (Wildman–Crippen LogP) is 2.85. The molecule has 1 saturated heterocycles. The van der Waals surface area contributed by atoms with Crippen LogP contribution in [-0.4, -0.2) is 17.2 Å². The van der Waals surface area contributed by atoms with Crippen LogP contribution in [0.25, 0.3) is 0 Å². The van der Waals surface area contributed by atoms with E-state index in [0.29, 0.717) is 12.0 Å². The third kappa shape index (κ3) is 2.34. The number of hydrazine groups is 1. The minimum Gasteiger partial charge on any atom is -0.369 e. The molecule has 110 valence electrons. The average Bonchev–Trinajstić information content (AvgIpc) is 2.93. The molecule has 2 aliphatic carbocycles. The Morgan fingerprint density at radius 3 is 2.32 bits per heavy atom. The van der Waals surface area contributed by atoms with E-state index in [-0.39, 0.29) is 11.2 Å². The zero-order valence-corrected chi connectivity index (χ0v) is 12.9. The number of rotatable bonds is 3. The molecule has 3 aliphatic rings. The lowest BCUT2D eigenvalue weighted by molar-refractivity contribution is -0.0805. The van der Waals surface area contributed by atoms with Crippen molar-refractivity contribution in [2.75, 3.05) is 0 Å². The van der Waals surface area contributed by atoms with Gasteiger partial charge in [0.1, 0.15) is 0 Å². The van der Waals surface area contributed by atoms with Gasteiger partial charge in [0.05, 0.1) is 11.2 Å². The van der Waals surface area contributed by atoms with E-state index in [1.54, 1.807) is 0 Å². The summed E-state index contributed by atoms with van der Waals surface area (Å²) in [6.07, 6.45) is 6.81. The van der Waals surface area contributed by atoms with E-state index in [0.717, 1.165) is 24.2 Å². The standard InChI is InChI=1S/C16H30N2O/c1-15(2)9-13(16(3,4)19-15)14(18-17)12-8-10-5-6-11(12)7-10/h10-14,18H,5-9,17H2,1-4H3. The fourth-order valence-corrected chi connectivity index (χ4v) is 5.44. The van der Waals surface area contributed by atoms with Crippen molar-refractivity contribution in [1.82, 2.24) is 5.43 Å². The Morgan fingerprint density at radius 2 is 1.89 bits per heavy atom. The lowest BCUT2D eigenvalue weighted by atomic mass is 9.72. The molecule has 0 spiro atoms. The first-order chi connectivity index (χ1) is 8.82. The average molecular weight is 266 g/mol. The smallest absolute Gasteiger partial charge is 0.0678 e. The minimum atomic E-state index is -0.0671. The van der Waals surface area contributed by atoms with Gasteiger partial charge in [-0.25, -0.2) is 0 Å². The van der Waals surface area contributed by atoms with Crippen LogP contribution in [0.2, 0.25) is 0 Å². The largest absolute Gasteiger partial charge is 0.369 e. The molecule has 2 bridgehead atoms. The molecular weight excluding hydrogens is 236 g/mol. The second kappa shape index (κ2) is 4.44. The van der Waals surface area contributed by atoms with Crippen LogP contribution in [0.3, 0.4) is 0 Å². The van der Waals surface area contributed by atoms with Gasteiger partial charge in [0, 0.05) is 12.0 Å². The van der Waals surface area contributed by atoms with E-state index in [2.05, 4.69) is 33.1 Å². The maximum Gasteiger partial charge on any atom is 0.0678 e. The second-order valence-corrected chi connectivity index (χ2v) is 8.31. The Bertz CT molecular complexity index is 353. The summed E-state index contributed by atoms with van der Waals surface area (Å²) in [6.45, 7) is 8.90. The first-order valence-electron chi connectivity index (χ1n) is 7.99. The molecule has 0 aromatic rings. The molecule has 0 radical (unpaired) electrons. The van der Waals surface area contributed by atoms with E-state index >= 15 is 0 Å². The summed E-state index contributed by atoms with van der Waals surface area (Å²) in [5, 5.41) is 0. The Morgan fingerprint density at radius 1 is 1.16 bits per heavy atom. The van der Waals surface area contributed by atoms with Crippen molar-refractivity contribution in [2.24, 2.45) is 29.5 Å². The monoisotopic (exact) mass is 266 g/mol. The summed E-state index contributed by atoms with van der Waals surface area (Å²) in [7, 11) is 0. The second-order valence-electron chi connectivity index (χ2n) is 8.31. The molecule has 0 amide bonds. The molecule has 0 aromatic heterocycles. The number of hydrogen-bond donors (Lipinski definition) is 2. The van der Waals surface area contributed by atoms with Gasteiger partial charge in [0.15, 0.2) is 0 Å². The normalized spacial score (nSPS) is 44.7. The van der Waals surface area contributed by atoms with Gasteiger partial charge in [-0.2, -0.15) is 0 Å². The molecule has 3 N–H and O–H groups in total.